The Kier molecular flexibility index (Phi) is 2.28. The summed E-state index contributed by atoms with van der Waals surface area (Å²) in [6.07, 6.45) is -1.15. The van der Waals surface area contributed by atoms with E-state index in [1.165, 1.54) is 6.20 Å². The molecule has 0 fully saturated rings. The average molecular weight is 218 g/mol. The van der Waals surface area contributed by atoms with Crippen LogP contribution >= 0.6 is 0 Å². The standard InChI is InChI=1S/C9H9F3N2O/c10-9(11,12)8(15)6-5-14-4-2-1-3-7(14)13-6/h5H,1-4H2. The molecular formula is C9H9F3N2O. The minimum Gasteiger partial charge on any atom is -0.334 e. The Balaban J connectivity index is 2.30. The van der Waals surface area contributed by atoms with Crippen LogP contribution < -0.4 is 0 Å². The number of halogens is 3. The lowest BCUT2D eigenvalue weighted by Crippen LogP contribution is -2.23. The number of nitrogens with zero attached hydrogens (tertiary/aromatic N) is 2. The summed E-state index contributed by atoms with van der Waals surface area (Å²) in [4.78, 5) is 14.6. The third-order valence-electron chi connectivity index (χ3n) is 2.40. The molecule has 1 aliphatic rings. The average Bonchev–Trinajstić information content (AvgIpc) is 2.58. The van der Waals surface area contributed by atoms with E-state index in [4.69, 9.17) is 0 Å². The predicted molar refractivity (Wildman–Crippen MR) is 45.6 cm³/mol. The highest BCUT2D eigenvalue weighted by Gasteiger charge is 2.41. The van der Waals surface area contributed by atoms with Gasteiger partial charge in [0.2, 0.25) is 0 Å². The molecule has 0 unspecified atom stereocenters. The first-order valence-corrected chi connectivity index (χ1v) is 4.66. The molecule has 0 radical (unpaired) electrons. The van der Waals surface area contributed by atoms with Crippen molar-refractivity contribution in [2.24, 2.45) is 0 Å². The molecule has 1 aromatic heterocycles. The predicted octanol–water partition coefficient (Wildman–Crippen LogP) is 1.96. The molecule has 15 heavy (non-hydrogen) atoms. The van der Waals surface area contributed by atoms with Gasteiger partial charge in [-0.3, -0.25) is 4.79 Å². The number of carbonyl (C=O) groups excluding carboxylic acids is 1. The molecule has 82 valence electrons. The van der Waals surface area contributed by atoms with Crippen LogP contribution in [-0.2, 0) is 13.0 Å². The third kappa shape index (κ3) is 1.88. The van der Waals surface area contributed by atoms with Gasteiger partial charge in [-0.2, -0.15) is 13.2 Å². The van der Waals surface area contributed by atoms with E-state index in [2.05, 4.69) is 4.98 Å². The van der Waals surface area contributed by atoms with Crippen molar-refractivity contribution in [3.8, 4) is 0 Å². The Bertz CT molecular complexity index is 371. The van der Waals surface area contributed by atoms with E-state index in [0.717, 1.165) is 12.8 Å². The van der Waals surface area contributed by atoms with Crippen LogP contribution in [0.1, 0.15) is 29.2 Å². The SMILES string of the molecule is O=C(c1cn2c(n1)CCCC2)C(F)(F)F. The Labute approximate surface area is 83.9 Å². The van der Waals surface area contributed by atoms with Crippen molar-refractivity contribution in [2.45, 2.75) is 32.0 Å². The van der Waals surface area contributed by atoms with Crippen molar-refractivity contribution in [3.05, 3.63) is 17.7 Å². The van der Waals surface area contributed by atoms with Gasteiger partial charge in [-0.15, -0.1) is 0 Å². The fourth-order valence-corrected chi connectivity index (χ4v) is 1.67. The van der Waals surface area contributed by atoms with Crippen LogP contribution in [0, 0.1) is 0 Å². The number of Topliss-reactive ketones (excluding diaryl/α,β-unsaturated/α-hetero) is 1. The molecule has 0 spiro atoms. The van der Waals surface area contributed by atoms with Gasteiger partial charge in [-0.1, -0.05) is 0 Å². The maximum atomic E-state index is 12.1. The smallest absolute Gasteiger partial charge is 0.334 e. The van der Waals surface area contributed by atoms with Gasteiger partial charge >= 0.3 is 6.18 Å². The molecule has 2 heterocycles. The first-order valence-electron chi connectivity index (χ1n) is 4.66. The number of aryl methyl sites for hydroxylation is 2. The van der Waals surface area contributed by atoms with Gasteiger partial charge in [0.15, 0.2) is 0 Å². The minimum absolute atomic E-state index is 0.487. The van der Waals surface area contributed by atoms with Crippen molar-refractivity contribution in [3.63, 3.8) is 0 Å². The molecule has 1 aromatic rings. The van der Waals surface area contributed by atoms with Crippen molar-refractivity contribution in [1.29, 1.82) is 0 Å². The quantitative estimate of drug-likeness (QED) is 0.675. The second-order valence-corrected chi connectivity index (χ2v) is 3.52. The summed E-state index contributed by atoms with van der Waals surface area (Å²) in [5.74, 6) is -1.28. The zero-order valence-corrected chi connectivity index (χ0v) is 7.84. The van der Waals surface area contributed by atoms with Gasteiger partial charge in [0.25, 0.3) is 5.78 Å². The Morgan fingerprint density at radius 2 is 2.13 bits per heavy atom. The number of rotatable bonds is 1. The van der Waals surface area contributed by atoms with Crippen molar-refractivity contribution >= 4 is 5.78 Å². The van der Waals surface area contributed by atoms with Crippen LogP contribution in [-0.4, -0.2) is 21.5 Å². The van der Waals surface area contributed by atoms with Crippen LogP contribution in [0.25, 0.3) is 0 Å². The summed E-state index contributed by atoms with van der Waals surface area (Å²) < 4.78 is 37.9. The highest BCUT2D eigenvalue weighted by molar-refractivity contribution is 5.98. The van der Waals surface area contributed by atoms with Gasteiger partial charge in [0, 0.05) is 19.2 Å². The molecule has 0 saturated heterocycles. The number of alkyl halides is 3. The number of carbonyl (C=O) groups is 1. The molecule has 0 bridgehead atoms. The molecule has 0 aromatic carbocycles. The first kappa shape index (κ1) is 10.2. The number of fused-ring (bicyclic) bond motifs is 1. The lowest BCUT2D eigenvalue weighted by Gasteiger charge is -2.11. The number of imidazole rings is 1. The zero-order valence-electron chi connectivity index (χ0n) is 7.84. The molecule has 1 aliphatic heterocycles. The fraction of sp³-hybridized carbons (Fsp3) is 0.556. The Hall–Kier alpha value is -1.33. The van der Waals surface area contributed by atoms with Gasteiger partial charge in [-0.05, 0) is 12.8 Å². The molecule has 0 aliphatic carbocycles. The maximum absolute atomic E-state index is 12.1. The van der Waals surface area contributed by atoms with E-state index in [1.807, 2.05) is 0 Å². The normalized spacial score (nSPS) is 16.2. The van der Waals surface area contributed by atoms with Gasteiger partial charge < -0.3 is 4.57 Å². The van der Waals surface area contributed by atoms with E-state index < -0.39 is 17.7 Å². The fourth-order valence-electron chi connectivity index (χ4n) is 1.67. The molecule has 3 nitrogen and oxygen atoms in total. The molecule has 6 heteroatoms. The second-order valence-electron chi connectivity index (χ2n) is 3.52. The summed E-state index contributed by atoms with van der Waals surface area (Å²) >= 11 is 0. The number of hydrogen-bond donors (Lipinski definition) is 0. The molecule has 0 atom stereocenters. The van der Waals surface area contributed by atoms with Crippen LogP contribution in [0.2, 0.25) is 0 Å². The molecule has 0 amide bonds. The minimum atomic E-state index is -4.83. The summed E-state index contributed by atoms with van der Waals surface area (Å²) in [7, 11) is 0. The van der Waals surface area contributed by atoms with Gasteiger partial charge in [-0.25, -0.2) is 4.98 Å². The van der Waals surface area contributed by atoms with E-state index >= 15 is 0 Å². The zero-order chi connectivity index (χ0) is 11.1. The lowest BCUT2D eigenvalue weighted by atomic mass is 10.2. The van der Waals surface area contributed by atoms with Crippen LogP contribution in [0.3, 0.4) is 0 Å². The van der Waals surface area contributed by atoms with Crippen molar-refractivity contribution in [2.75, 3.05) is 0 Å². The Morgan fingerprint density at radius 1 is 1.40 bits per heavy atom. The van der Waals surface area contributed by atoms with Crippen LogP contribution in [0.15, 0.2) is 6.20 Å². The Morgan fingerprint density at radius 3 is 2.73 bits per heavy atom. The van der Waals surface area contributed by atoms with E-state index in [1.54, 1.807) is 4.57 Å². The largest absolute Gasteiger partial charge is 0.456 e. The van der Waals surface area contributed by atoms with Gasteiger partial charge in [0.1, 0.15) is 11.5 Å². The summed E-state index contributed by atoms with van der Waals surface area (Å²) in [6.45, 7) is 0.646. The topological polar surface area (TPSA) is 34.9 Å². The highest BCUT2D eigenvalue weighted by Crippen LogP contribution is 2.22. The van der Waals surface area contributed by atoms with Crippen molar-refractivity contribution < 1.29 is 18.0 Å². The molecule has 2 rings (SSSR count). The number of hydrogen-bond acceptors (Lipinski definition) is 2. The van der Waals surface area contributed by atoms with Crippen LogP contribution in [0.4, 0.5) is 13.2 Å². The van der Waals surface area contributed by atoms with Gasteiger partial charge in [0.05, 0.1) is 0 Å². The monoisotopic (exact) mass is 218 g/mol. The highest BCUT2D eigenvalue weighted by atomic mass is 19.4. The summed E-state index contributed by atoms with van der Waals surface area (Å²) in [5, 5.41) is 0. The second kappa shape index (κ2) is 3.36. The maximum Gasteiger partial charge on any atom is 0.456 e. The lowest BCUT2D eigenvalue weighted by molar-refractivity contribution is -0.0888. The van der Waals surface area contributed by atoms with E-state index in [-0.39, 0.29) is 0 Å². The first-order chi connectivity index (χ1) is 6.98. The van der Waals surface area contributed by atoms with Crippen molar-refractivity contribution in [1.82, 2.24) is 9.55 Å². The van der Waals surface area contributed by atoms with E-state index in [9.17, 15) is 18.0 Å². The third-order valence-corrected chi connectivity index (χ3v) is 2.40. The molecule has 0 saturated carbocycles. The number of ketones is 1. The summed E-state index contributed by atoms with van der Waals surface area (Å²) in [6, 6.07) is 0. The molecule has 0 N–H and O–H groups in total. The number of aromatic nitrogens is 2. The summed E-state index contributed by atoms with van der Waals surface area (Å²) in [5.41, 5.74) is -0.487. The molecular weight excluding hydrogens is 209 g/mol. The van der Waals surface area contributed by atoms with E-state index in [0.29, 0.717) is 18.8 Å². The van der Waals surface area contributed by atoms with Crippen LogP contribution in [0.5, 0.6) is 0 Å².